The van der Waals surface area contributed by atoms with Crippen LogP contribution in [0.5, 0.6) is 0 Å². The largest absolute Gasteiger partial charge is 0.333 e. The summed E-state index contributed by atoms with van der Waals surface area (Å²) in [5, 5.41) is 13.9. The Labute approximate surface area is 213 Å². The minimum Gasteiger partial charge on any atom is -0.333 e. The van der Waals surface area contributed by atoms with Crippen molar-refractivity contribution in [3.8, 4) is 6.07 Å². The summed E-state index contributed by atoms with van der Waals surface area (Å²) in [6.45, 7) is 4.67. The zero-order valence-corrected chi connectivity index (χ0v) is 21.0. The molecule has 0 amide bonds. The van der Waals surface area contributed by atoms with E-state index >= 15 is 0 Å². The zero-order valence-electron chi connectivity index (χ0n) is 20.2. The van der Waals surface area contributed by atoms with Crippen molar-refractivity contribution in [1.29, 1.82) is 5.26 Å². The summed E-state index contributed by atoms with van der Waals surface area (Å²) < 4.78 is 2.32. The van der Waals surface area contributed by atoms with Gasteiger partial charge in [-0.2, -0.15) is 5.26 Å². The third-order valence-electron chi connectivity index (χ3n) is 7.68. The van der Waals surface area contributed by atoms with Crippen molar-refractivity contribution in [2.24, 2.45) is 11.8 Å². The lowest BCUT2D eigenvalue weighted by Gasteiger charge is -2.27. The molecule has 0 bridgehead atoms. The number of hydrogen-bond donors (Lipinski definition) is 1. The minimum atomic E-state index is 0.250. The molecule has 0 saturated heterocycles. The first-order valence-corrected chi connectivity index (χ1v) is 13.2. The van der Waals surface area contributed by atoms with Gasteiger partial charge >= 0.3 is 0 Å². The van der Waals surface area contributed by atoms with Gasteiger partial charge in [0.15, 0.2) is 0 Å². The van der Waals surface area contributed by atoms with Gasteiger partial charge in [-0.05, 0) is 66.8 Å². The second kappa shape index (κ2) is 11.4. The van der Waals surface area contributed by atoms with Crippen LogP contribution in [0.3, 0.4) is 0 Å². The molecule has 1 aliphatic heterocycles. The van der Waals surface area contributed by atoms with Crippen LogP contribution in [0.2, 0.25) is 5.02 Å². The molecule has 5 rings (SSSR count). The summed E-state index contributed by atoms with van der Waals surface area (Å²) in [5.41, 5.74) is 5.32. The van der Waals surface area contributed by atoms with E-state index in [-0.39, 0.29) is 12.0 Å². The number of nitrogens with zero attached hydrogens (tertiary/aromatic N) is 4. The predicted molar refractivity (Wildman–Crippen MR) is 140 cm³/mol. The quantitative estimate of drug-likeness (QED) is 0.460. The van der Waals surface area contributed by atoms with Crippen molar-refractivity contribution in [2.75, 3.05) is 13.1 Å². The van der Waals surface area contributed by atoms with Crippen molar-refractivity contribution in [2.45, 2.75) is 57.8 Å². The van der Waals surface area contributed by atoms with Gasteiger partial charge in [0.25, 0.3) is 0 Å². The van der Waals surface area contributed by atoms with Gasteiger partial charge in [0.05, 0.1) is 18.1 Å². The van der Waals surface area contributed by atoms with Crippen LogP contribution in [0.25, 0.3) is 0 Å². The molecular formula is C29H34ClN5. The number of benzene rings is 2. The Balaban J connectivity index is 1.26. The second-order valence-electron chi connectivity index (χ2n) is 10.1. The van der Waals surface area contributed by atoms with Gasteiger partial charge in [-0.3, -0.25) is 4.90 Å². The third-order valence-corrected chi connectivity index (χ3v) is 7.91. The van der Waals surface area contributed by atoms with Crippen LogP contribution < -0.4 is 5.32 Å². The molecule has 35 heavy (non-hydrogen) atoms. The SMILES string of the molecule is N#CC1CCC(Cn2cncc2CNC2CN(Cc3cccc(Cl)c3)CCc3ccccc32)CC1. The Bertz CT molecular complexity index is 1160. The highest BCUT2D eigenvalue weighted by Crippen LogP contribution is 2.30. The number of nitriles is 1. The van der Waals surface area contributed by atoms with E-state index in [1.54, 1.807) is 0 Å². The van der Waals surface area contributed by atoms with Crippen LogP contribution in [-0.4, -0.2) is 27.5 Å². The summed E-state index contributed by atoms with van der Waals surface area (Å²) in [5.74, 6) is 0.889. The average Bonchev–Trinajstić information content (AvgIpc) is 3.24. The van der Waals surface area contributed by atoms with E-state index in [0.717, 1.165) is 69.9 Å². The van der Waals surface area contributed by atoms with Crippen molar-refractivity contribution in [1.82, 2.24) is 19.8 Å². The molecule has 0 radical (unpaired) electrons. The topological polar surface area (TPSA) is 56.9 Å². The first-order chi connectivity index (χ1) is 17.2. The Morgan fingerprint density at radius 2 is 1.94 bits per heavy atom. The normalized spacial score (nSPS) is 22.8. The Hall–Kier alpha value is -2.65. The van der Waals surface area contributed by atoms with Crippen LogP contribution in [0, 0.1) is 23.2 Å². The van der Waals surface area contributed by atoms with E-state index in [1.165, 1.54) is 22.4 Å². The van der Waals surface area contributed by atoms with Crippen molar-refractivity contribution in [3.05, 3.63) is 88.5 Å². The van der Waals surface area contributed by atoms with Gasteiger partial charge in [0, 0.05) is 55.9 Å². The van der Waals surface area contributed by atoms with Gasteiger partial charge < -0.3 is 9.88 Å². The molecule has 6 heteroatoms. The average molecular weight is 488 g/mol. The van der Waals surface area contributed by atoms with Crippen LogP contribution in [0.1, 0.15) is 54.1 Å². The fraction of sp³-hybridized carbons (Fsp3) is 0.448. The highest BCUT2D eigenvalue weighted by molar-refractivity contribution is 6.30. The van der Waals surface area contributed by atoms with Crippen molar-refractivity contribution >= 4 is 11.6 Å². The molecular weight excluding hydrogens is 454 g/mol. The zero-order chi connectivity index (χ0) is 24.0. The van der Waals surface area contributed by atoms with E-state index in [2.05, 4.69) is 62.2 Å². The lowest BCUT2D eigenvalue weighted by molar-refractivity contribution is 0.244. The molecule has 182 valence electrons. The summed E-state index contributed by atoms with van der Waals surface area (Å²) >= 11 is 6.25. The number of aromatic nitrogens is 2. The van der Waals surface area contributed by atoms with Crippen LogP contribution >= 0.6 is 11.6 Å². The van der Waals surface area contributed by atoms with Gasteiger partial charge in [-0.15, -0.1) is 0 Å². The third kappa shape index (κ3) is 6.13. The van der Waals surface area contributed by atoms with E-state index < -0.39 is 0 Å². The molecule has 5 nitrogen and oxygen atoms in total. The monoisotopic (exact) mass is 487 g/mol. The lowest BCUT2D eigenvalue weighted by Crippen LogP contribution is -2.34. The Kier molecular flexibility index (Phi) is 7.83. The first kappa shape index (κ1) is 24.1. The molecule has 1 fully saturated rings. The standard InChI is InChI=1S/C29H34ClN5/c30-26-6-3-4-24(14-26)18-34-13-12-25-5-1-2-7-28(25)29(20-34)33-17-27-16-32-21-35(27)19-23-10-8-22(15-31)9-11-23/h1-7,14,16,21-23,29,33H,8-13,17-20H2. The highest BCUT2D eigenvalue weighted by Gasteiger charge is 2.24. The van der Waals surface area contributed by atoms with Crippen LogP contribution in [0.15, 0.2) is 61.1 Å². The molecule has 2 heterocycles. The molecule has 2 aliphatic rings. The van der Waals surface area contributed by atoms with E-state index in [9.17, 15) is 5.26 Å². The minimum absolute atomic E-state index is 0.250. The molecule has 0 spiro atoms. The number of halogens is 1. The summed E-state index contributed by atoms with van der Waals surface area (Å²) in [6.07, 6.45) is 9.36. The molecule has 1 aromatic heterocycles. The maximum atomic E-state index is 9.19. The number of imidazole rings is 1. The maximum absolute atomic E-state index is 9.19. The number of fused-ring (bicyclic) bond motifs is 1. The molecule has 1 atom stereocenters. The van der Waals surface area contributed by atoms with E-state index in [0.29, 0.717) is 5.92 Å². The smallest absolute Gasteiger partial charge is 0.0948 e. The molecule has 1 saturated carbocycles. The lowest BCUT2D eigenvalue weighted by atomic mass is 9.83. The Morgan fingerprint density at radius 1 is 1.09 bits per heavy atom. The summed E-state index contributed by atoms with van der Waals surface area (Å²) in [7, 11) is 0. The Morgan fingerprint density at radius 3 is 2.77 bits per heavy atom. The molecule has 1 N–H and O–H groups in total. The molecule has 1 unspecified atom stereocenters. The van der Waals surface area contributed by atoms with Gasteiger partial charge in [0.1, 0.15) is 0 Å². The van der Waals surface area contributed by atoms with Gasteiger partial charge in [0.2, 0.25) is 0 Å². The van der Waals surface area contributed by atoms with Gasteiger partial charge in [-0.25, -0.2) is 4.98 Å². The number of rotatable bonds is 7. The predicted octanol–water partition coefficient (Wildman–Crippen LogP) is 5.76. The molecule has 3 aromatic rings. The van der Waals surface area contributed by atoms with Crippen molar-refractivity contribution in [3.63, 3.8) is 0 Å². The fourth-order valence-corrected chi connectivity index (χ4v) is 5.89. The maximum Gasteiger partial charge on any atom is 0.0948 e. The highest BCUT2D eigenvalue weighted by atomic mass is 35.5. The molecule has 1 aliphatic carbocycles. The van der Waals surface area contributed by atoms with Gasteiger partial charge in [-0.1, -0.05) is 48.0 Å². The fourth-order valence-electron chi connectivity index (χ4n) is 5.68. The number of hydrogen-bond acceptors (Lipinski definition) is 4. The molecule has 2 aromatic carbocycles. The first-order valence-electron chi connectivity index (χ1n) is 12.8. The summed E-state index contributed by atoms with van der Waals surface area (Å²) in [4.78, 5) is 7.01. The van der Waals surface area contributed by atoms with Crippen LogP contribution in [-0.2, 0) is 26.1 Å². The van der Waals surface area contributed by atoms with E-state index in [4.69, 9.17) is 11.6 Å². The van der Waals surface area contributed by atoms with Crippen molar-refractivity contribution < 1.29 is 0 Å². The summed E-state index contributed by atoms with van der Waals surface area (Å²) in [6, 6.07) is 19.8. The number of nitrogens with one attached hydrogen (secondary N) is 1. The second-order valence-corrected chi connectivity index (χ2v) is 10.6. The van der Waals surface area contributed by atoms with E-state index in [1.807, 2.05) is 24.7 Å². The van der Waals surface area contributed by atoms with Crippen LogP contribution in [0.4, 0.5) is 0 Å².